The van der Waals surface area contributed by atoms with Gasteiger partial charge >= 0.3 is 0 Å². The van der Waals surface area contributed by atoms with E-state index in [1.54, 1.807) is 7.11 Å². The highest BCUT2D eigenvalue weighted by Gasteiger charge is 2.44. The normalized spacial score (nSPS) is 24.4. The molecule has 6 heterocycles. The first-order valence-corrected chi connectivity index (χ1v) is 21.3. The molecule has 8 nitrogen and oxygen atoms in total. The number of benzene rings is 1. The monoisotopic (exact) mass is 797 g/mol. The van der Waals surface area contributed by atoms with Crippen LogP contribution in [0.25, 0.3) is 22.5 Å². The molecule has 2 atom stereocenters. The average Bonchev–Trinajstić information content (AvgIpc) is 4.08. The smallest absolute Gasteiger partial charge is 0.225 e. The van der Waals surface area contributed by atoms with E-state index in [4.69, 9.17) is 14.7 Å². The number of amides is 2. The van der Waals surface area contributed by atoms with Gasteiger partial charge in [0, 0.05) is 57.0 Å². The van der Waals surface area contributed by atoms with Crippen molar-refractivity contribution >= 4 is 23.5 Å². The third kappa shape index (κ3) is 6.70. The van der Waals surface area contributed by atoms with Gasteiger partial charge < -0.3 is 20.4 Å². The van der Waals surface area contributed by atoms with Crippen molar-refractivity contribution in [2.75, 3.05) is 17.7 Å². The molecule has 306 valence electrons. The fourth-order valence-electron chi connectivity index (χ4n) is 10.1. The van der Waals surface area contributed by atoms with Crippen molar-refractivity contribution in [3.05, 3.63) is 148 Å². The lowest BCUT2D eigenvalue weighted by Gasteiger charge is -2.38. The molecule has 0 unspecified atom stereocenters. The quantitative estimate of drug-likeness (QED) is 0.178. The number of rotatable bonds is 1. The van der Waals surface area contributed by atoms with Gasteiger partial charge in [-0.25, -0.2) is 9.97 Å². The van der Waals surface area contributed by atoms with Gasteiger partial charge in [0.05, 0.1) is 18.5 Å². The summed E-state index contributed by atoms with van der Waals surface area (Å²) in [5, 5.41) is 6.25. The number of nitrogens with one attached hydrogen (secondary N) is 3. The second-order valence-electron chi connectivity index (χ2n) is 18.7. The second kappa shape index (κ2) is 14.6. The molecule has 3 aliphatic carbocycles. The van der Waals surface area contributed by atoms with E-state index in [0.717, 1.165) is 41.8 Å². The molecule has 16 bridgehead atoms. The molecule has 1 aromatic carbocycles. The number of carbonyl (C=O) groups excluding carboxylic acids is 2. The Morgan fingerprint density at radius 2 is 0.950 bits per heavy atom. The van der Waals surface area contributed by atoms with E-state index < -0.39 is 5.41 Å². The van der Waals surface area contributed by atoms with Crippen LogP contribution in [-0.2, 0) is 20.4 Å². The first-order chi connectivity index (χ1) is 28.7. The second-order valence-corrected chi connectivity index (χ2v) is 18.7. The van der Waals surface area contributed by atoms with Crippen LogP contribution in [0.1, 0.15) is 97.9 Å². The molecular formula is C52H55N5O3. The van der Waals surface area contributed by atoms with Crippen molar-refractivity contribution in [3.8, 4) is 28.3 Å². The third-order valence-electron chi connectivity index (χ3n) is 14.6. The zero-order valence-electron chi connectivity index (χ0n) is 35.9. The SMILES string of the molecule is COc1c2cccc1-c1cccc(n1)NC(=O)CC[C@]1(C)C3=CC=C(C3)C(C)(C)C3=CC=C(C3)[C@@](C)(CCC(=O)Nc3cccc-2n3)C2=CC=C(C2)C(C)(C)c2ccc1[nH]2. The van der Waals surface area contributed by atoms with Gasteiger partial charge in [0.25, 0.3) is 0 Å². The molecule has 0 radical (unpaired) electrons. The number of para-hydroxylation sites is 1. The Balaban J connectivity index is 1.17. The van der Waals surface area contributed by atoms with Gasteiger partial charge in [-0.15, -0.1) is 0 Å². The van der Waals surface area contributed by atoms with E-state index in [0.29, 0.717) is 54.5 Å². The highest BCUT2D eigenvalue weighted by Crippen LogP contribution is 2.55. The van der Waals surface area contributed by atoms with Gasteiger partial charge in [-0.2, -0.15) is 0 Å². The Morgan fingerprint density at radius 3 is 1.47 bits per heavy atom. The molecule has 0 saturated carbocycles. The van der Waals surface area contributed by atoms with Gasteiger partial charge in [0.15, 0.2) is 0 Å². The van der Waals surface area contributed by atoms with Crippen LogP contribution in [0.5, 0.6) is 5.75 Å². The number of pyridine rings is 2. The van der Waals surface area contributed by atoms with Crippen LogP contribution in [0, 0.1) is 10.8 Å². The third-order valence-corrected chi connectivity index (χ3v) is 14.6. The summed E-state index contributed by atoms with van der Waals surface area (Å²) in [6.45, 7) is 13.9. The molecule has 8 heteroatoms. The number of hydrogen-bond donors (Lipinski definition) is 3. The van der Waals surface area contributed by atoms with E-state index in [9.17, 15) is 9.59 Å². The molecule has 3 aliphatic heterocycles. The number of aromatic nitrogens is 3. The lowest BCUT2D eigenvalue weighted by Crippen LogP contribution is -2.30. The number of aromatic amines is 1. The Morgan fingerprint density at radius 1 is 0.517 bits per heavy atom. The Bertz CT molecular complexity index is 2650. The number of allylic oxidation sites excluding steroid dienone is 12. The van der Waals surface area contributed by atoms with Crippen LogP contribution in [0.15, 0.2) is 137 Å². The molecule has 2 amide bonds. The van der Waals surface area contributed by atoms with E-state index in [1.807, 2.05) is 54.6 Å². The van der Waals surface area contributed by atoms with Crippen LogP contribution in [-0.4, -0.2) is 33.9 Å². The summed E-state index contributed by atoms with van der Waals surface area (Å²) in [6, 6.07) is 21.6. The Labute approximate surface area is 353 Å². The summed E-state index contributed by atoms with van der Waals surface area (Å²) >= 11 is 0. The van der Waals surface area contributed by atoms with Crippen molar-refractivity contribution in [2.45, 2.75) is 97.3 Å². The number of nitrogens with zero attached hydrogens (tertiary/aromatic N) is 2. The fraction of sp³-hybridized carbons (Fsp3) is 0.346. The summed E-state index contributed by atoms with van der Waals surface area (Å²) in [4.78, 5) is 41.7. The number of hydrogen-bond acceptors (Lipinski definition) is 5. The highest BCUT2D eigenvalue weighted by molar-refractivity contribution is 5.91. The van der Waals surface area contributed by atoms with Crippen molar-refractivity contribution in [3.63, 3.8) is 0 Å². The molecule has 0 fully saturated rings. The largest absolute Gasteiger partial charge is 0.495 e. The van der Waals surface area contributed by atoms with Crippen molar-refractivity contribution in [1.29, 1.82) is 0 Å². The van der Waals surface area contributed by atoms with Crippen molar-refractivity contribution in [2.24, 2.45) is 10.8 Å². The zero-order chi connectivity index (χ0) is 42.0. The summed E-state index contributed by atoms with van der Waals surface area (Å²) in [5.41, 5.74) is 11.9. The van der Waals surface area contributed by atoms with Gasteiger partial charge in [-0.05, 0) is 80.6 Å². The lowest BCUT2D eigenvalue weighted by molar-refractivity contribution is -0.117. The van der Waals surface area contributed by atoms with Crippen molar-refractivity contribution in [1.82, 2.24) is 15.0 Å². The van der Waals surface area contributed by atoms with Crippen LogP contribution >= 0.6 is 0 Å². The minimum absolute atomic E-state index is 0.0749. The minimum atomic E-state index is -0.434. The van der Waals surface area contributed by atoms with Crippen LogP contribution < -0.4 is 15.4 Å². The van der Waals surface area contributed by atoms with E-state index >= 15 is 0 Å². The summed E-state index contributed by atoms with van der Waals surface area (Å²) < 4.78 is 6.02. The Hall–Kier alpha value is -6.02. The number of methoxy groups -OCH3 is 1. The number of H-pyrrole nitrogens is 1. The van der Waals surface area contributed by atoms with E-state index in [2.05, 4.69) is 106 Å². The molecule has 60 heavy (non-hydrogen) atoms. The lowest BCUT2D eigenvalue weighted by atomic mass is 9.66. The topological polar surface area (TPSA) is 109 Å². The predicted octanol–water partition coefficient (Wildman–Crippen LogP) is 11.6. The maximum absolute atomic E-state index is 14.0. The zero-order valence-corrected chi connectivity index (χ0v) is 35.9. The molecule has 3 N–H and O–H groups in total. The van der Waals surface area contributed by atoms with E-state index in [-0.39, 0.29) is 28.1 Å². The highest BCUT2D eigenvalue weighted by atomic mass is 16.5. The molecule has 4 aromatic rings. The maximum Gasteiger partial charge on any atom is 0.225 e. The average molecular weight is 798 g/mol. The summed E-state index contributed by atoms with van der Waals surface area (Å²) in [5.74, 6) is 1.38. The number of anilines is 2. The van der Waals surface area contributed by atoms with Gasteiger partial charge in [0.2, 0.25) is 11.8 Å². The molecule has 0 spiro atoms. The first kappa shape index (κ1) is 39.4. The van der Waals surface area contributed by atoms with E-state index in [1.165, 1.54) is 33.4 Å². The maximum atomic E-state index is 14.0. The summed E-state index contributed by atoms with van der Waals surface area (Å²) in [7, 11) is 1.63. The minimum Gasteiger partial charge on any atom is -0.495 e. The first-order valence-electron chi connectivity index (χ1n) is 21.3. The standard InChI is InChI=1S/C52H55N5O3/c1-49(2)32-17-20-35(29-32)51(5)27-25-46(58)56-44-15-9-13-40(53-44)38-11-8-12-39(48(38)60-7)41-14-10-16-45(54-41)57-47(59)26-28-52(6,37-22-18-33(49)30-37)43-24-23-42(55-43)50(3,4)34-19-21-36(51)31-34/h8-24,55H,25-31H2,1-7H3,(H,53,56,58)(H,54,57,59)/t51-,52-/m1/s1. The molecule has 6 aliphatic rings. The van der Waals surface area contributed by atoms with Gasteiger partial charge in [-0.3, -0.25) is 9.59 Å². The Kier molecular flexibility index (Phi) is 9.60. The summed E-state index contributed by atoms with van der Waals surface area (Å²) in [6.07, 6.45) is 18.4. The van der Waals surface area contributed by atoms with Crippen LogP contribution in [0.3, 0.4) is 0 Å². The van der Waals surface area contributed by atoms with Crippen molar-refractivity contribution < 1.29 is 14.3 Å². The molecule has 10 rings (SSSR count). The fourth-order valence-corrected chi connectivity index (χ4v) is 10.1. The molecule has 3 aromatic heterocycles. The molecular weight excluding hydrogens is 743 g/mol. The number of fused-ring (bicyclic) bond motifs is 6. The van der Waals surface area contributed by atoms with Gasteiger partial charge in [0.1, 0.15) is 17.4 Å². The van der Waals surface area contributed by atoms with Gasteiger partial charge in [-0.1, -0.05) is 130 Å². The number of carbonyl (C=O) groups is 2. The van der Waals surface area contributed by atoms with Crippen LogP contribution in [0.2, 0.25) is 0 Å². The van der Waals surface area contributed by atoms with Crippen LogP contribution in [0.4, 0.5) is 11.6 Å². The predicted molar refractivity (Wildman–Crippen MR) is 241 cm³/mol. The molecule has 0 saturated heterocycles. The number of ether oxygens (including phenoxy) is 1.